The average Bonchev–Trinajstić information content (AvgIpc) is 3.64. The van der Waals surface area contributed by atoms with Gasteiger partial charge in [0, 0.05) is 43.7 Å². The van der Waals surface area contributed by atoms with Crippen LogP contribution in [0.1, 0.15) is 201 Å². The second-order valence-electron chi connectivity index (χ2n) is 24.3. The molecule has 15 N–H and O–H groups in total. The van der Waals surface area contributed by atoms with Crippen LogP contribution in [0.4, 0.5) is 0 Å². The SMILES string of the molecule is CNCCCCC(NC)C(=O)CCCCCC(NC(=O)C(CCCCNC)NC)C(=O)NC(CCCCNC(=O)C(CCCNC(=O)C(CCCCNC)NC)NC(=O)C(CCCCNC)NC)C(=O)CCCCCC(CC(=O)C(C)(C)C)C(N)=O. The van der Waals surface area contributed by atoms with E-state index in [0.29, 0.717) is 96.4 Å². The predicted molar refractivity (Wildman–Crippen MR) is 345 cm³/mol. The highest BCUT2D eigenvalue weighted by Crippen LogP contribution is 2.23. The molecule has 23 nitrogen and oxygen atoms in total. The third kappa shape index (κ3) is 38.7. The van der Waals surface area contributed by atoms with Crippen LogP contribution in [0.3, 0.4) is 0 Å². The zero-order valence-corrected chi connectivity index (χ0v) is 55.4. The van der Waals surface area contributed by atoms with Crippen LogP contribution >= 0.6 is 0 Å². The van der Waals surface area contributed by atoms with Crippen LogP contribution < -0.4 is 74.9 Å². The number of primary amides is 1. The largest absolute Gasteiger partial charge is 0.369 e. The topological polar surface area (TPSA) is 336 Å². The Labute approximate surface area is 518 Å². The summed E-state index contributed by atoms with van der Waals surface area (Å²) >= 11 is 0. The Morgan fingerprint density at radius 2 is 0.628 bits per heavy atom. The van der Waals surface area contributed by atoms with E-state index in [1.54, 1.807) is 28.2 Å². The van der Waals surface area contributed by atoms with E-state index in [1.807, 2.05) is 49.0 Å². The molecular formula is C63H124N14O9. The van der Waals surface area contributed by atoms with Crippen molar-refractivity contribution in [2.75, 3.05) is 95.6 Å². The summed E-state index contributed by atoms with van der Waals surface area (Å²) in [7, 11) is 14.6. The molecule has 6 amide bonds. The standard InChI is InChI=1S/C63H124N14O9/c1-63(2,3)56(80)45-46(57(64)81)29-14-12-16-38-55(79)48(75-62(86)53(77-61(85)51(72-11)34-21-26-42-68-7)35-15-13-17-37-54(78)47(69-8)30-18-23-39-65-4)31-22-27-43-73-59(83)52(76-60(84)50(71-10)33-20-25-41-67-6)36-28-44-74-58(82)49(70-9)32-19-24-40-66-5/h46-53,65-72H,12-45H2,1-11H3,(H2,64,81)(H,73,83)(H,74,82)(H,75,86)(H,76,84)(H,77,85). The number of ketones is 3. The zero-order chi connectivity index (χ0) is 64.5. The molecule has 0 aliphatic heterocycles. The highest BCUT2D eigenvalue weighted by molar-refractivity contribution is 5.94. The van der Waals surface area contributed by atoms with Gasteiger partial charge in [0.25, 0.3) is 0 Å². The van der Waals surface area contributed by atoms with E-state index < -0.39 is 53.4 Å². The van der Waals surface area contributed by atoms with Crippen molar-refractivity contribution in [3.8, 4) is 0 Å². The molecule has 0 aromatic rings. The van der Waals surface area contributed by atoms with E-state index in [2.05, 4.69) is 69.1 Å². The smallest absolute Gasteiger partial charge is 0.243 e. The fraction of sp³-hybridized carbons (Fsp3) is 0.857. The fourth-order valence-corrected chi connectivity index (χ4v) is 10.3. The molecule has 8 atom stereocenters. The van der Waals surface area contributed by atoms with Gasteiger partial charge in [0.1, 0.15) is 23.7 Å². The Bertz CT molecular complexity index is 1890. The summed E-state index contributed by atoms with van der Waals surface area (Å²) in [6.07, 6.45) is 16.2. The number of Topliss-reactive ketones (excluding diaryl/α,β-unsaturated/α-hetero) is 3. The van der Waals surface area contributed by atoms with Crippen molar-refractivity contribution in [2.24, 2.45) is 17.1 Å². The maximum atomic E-state index is 14.5. The molecule has 0 fully saturated rings. The molecule has 0 aliphatic rings. The lowest BCUT2D eigenvalue weighted by Gasteiger charge is -2.25. The first kappa shape index (κ1) is 81.5. The Morgan fingerprint density at radius 3 is 1.05 bits per heavy atom. The lowest BCUT2D eigenvalue weighted by atomic mass is 9.83. The quantitative estimate of drug-likeness (QED) is 0.0389. The van der Waals surface area contributed by atoms with Crippen molar-refractivity contribution in [2.45, 2.75) is 243 Å². The molecule has 0 aromatic heterocycles. The van der Waals surface area contributed by atoms with Crippen molar-refractivity contribution >= 4 is 52.8 Å². The first-order valence-electron chi connectivity index (χ1n) is 32.8. The number of hydrogen-bond acceptors (Lipinski definition) is 17. The maximum Gasteiger partial charge on any atom is 0.243 e. The molecule has 0 spiro atoms. The number of carbonyl (C=O) groups is 9. The van der Waals surface area contributed by atoms with Gasteiger partial charge in [-0.3, -0.25) is 43.2 Å². The second-order valence-corrected chi connectivity index (χ2v) is 24.3. The minimum Gasteiger partial charge on any atom is -0.369 e. The van der Waals surface area contributed by atoms with Crippen LogP contribution in [-0.2, 0) is 43.2 Å². The normalized spacial score (nSPS) is 14.4. The van der Waals surface area contributed by atoms with Crippen molar-refractivity contribution in [3.05, 3.63) is 0 Å². The van der Waals surface area contributed by atoms with Gasteiger partial charge in [0.05, 0.1) is 30.2 Å². The molecule has 0 saturated carbocycles. The summed E-state index contributed by atoms with van der Waals surface area (Å²) in [5.41, 5.74) is 5.10. The summed E-state index contributed by atoms with van der Waals surface area (Å²) in [6.45, 7) is 9.34. The lowest BCUT2D eigenvalue weighted by molar-refractivity contribution is -0.132. The number of rotatable bonds is 58. The van der Waals surface area contributed by atoms with Gasteiger partial charge in [-0.1, -0.05) is 72.1 Å². The van der Waals surface area contributed by atoms with E-state index in [0.717, 1.165) is 84.0 Å². The van der Waals surface area contributed by atoms with Crippen molar-refractivity contribution < 1.29 is 43.2 Å². The van der Waals surface area contributed by atoms with E-state index in [4.69, 9.17) is 5.73 Å². The van der Waals surface area contributed by atoms with Crippen LogP contribution in [0.5, 0.6) is 0 Å². The average molecular weight is 1220 g/mol. The zero-order valence-electron chi connectivity index (χ0n) is 55.4. The van der Waals surface area contributed by atoms with Gasteiger partial charge in [-0.25, -0.2) is 0 Å². The van der Waals surface area contributed by atoms with Gasteiger partial charge in [0.2, 0.25) is 35.4 Å². The van der Waals surface area contributed by atoms with Gasteiger partial charge in [-0.05, 0) is 192 Å². The minimum absolute atomic E-state index is 0.0480. The van der Waals surface area contributed by atoms with Crippen LogP contribution in [0, 0.1) is 11.3 Å². The Morgan fingerprint density at radius 1 is 0.326 bits per heavy atom. The summed E-state index contributed by atoms with van der Waals surface area (Å²) in [5, 5.41) is 39.9. The molecule has 500 valence electrons. The molecule has 0 rings (SSSR count). The molecule has 0 heterocycles. The van der Waals surface area contributed by atoms with Crippen LogP contribution in [0.15, 0.2) is 0 Å². The van der Waals surface area contributed by atoms with Crippen LogP contribution in [0.25, 0.3) is 0 Å². The Kier molecular flexibility index (Phi) is 48.7. The first-order chi connectivity index (χ1) is 41.2. The molecule has 0 aromatic carbocycles. The minimum atomic E-state index is -0.964. The summed E-state index contributed by atoms with van der Waals surface area (Å²) in [5.74, 6) is -2.83. The first-order valence-corrected chi connectivity index (χ1v) is 32.8. The van der Waals surface area contributed by atoms with Crippen molar-refractivity contribution in [3.63, 3.8) is 0 Å². The molecule has 86 heavy (non-hydrogen) atoms. The lowest BCUT2D eigenvalue weighted by Crippen LogP contribution is -2.54. The molecule has 23 heteroatoms. The highest BCUT2D eigenvalue weighted by atomic mass is 16.2. The maximum absolute atomic E-state index is 14.5. The van der Waals surface area contributed by atoms with Gasteiger partial charge >= 0.3 is 0 Å². The number of likely N-dealkylation sites (N-methyl/N-ethyl adjacent to an activating group) is 4. The monoisotopic (exact) mass is 1220 g/mol. The fourth-order valence-electron chi connectivity index (χ4n) is 10.3. The molecule has 8 unspecified atom stereocenters. The summed E-state index contributed by atoms with van der Waals surface area (Å²) in [4.78, 5) is 122. The van der Waals surface area contributed by atoms with E-state index in [1.165, 1.54) is 0 Å². The third-order valence-electron chi connectivity index (χ3n) is 16.1. The van der Waals surface area contributed by atoms with E-state index in [9.17, 15) is 43.2 Å². The van der Waals surface area contributed by atoms with Gasteiger partial charge in [-0.15, -0.1) is 0 Å². The number of hydrogen-bond donors (Lipinski definition) is 14. The van der Waals surface area contributed by atoms with Gasteiger partial charge in [-0.2, -0.15) is 0 Å². The van der Waals surface area contributed by atoms with Crippen LogP contribution in [0.2, 0.25) is 0 Å². The Hall–Kier alpha value is -4.49. The second kappa shape index (κ2) is 51.4. The molecule has 0 radical (unpaired) electrons. The highest BCUT2D eigenvalue weighted by Gasteiger charge is 2.31. The van der Waals surface area contributed by atoms with E-state index in [-0.39, 0.29) is 91.7 Å². The van der Waals surface area contributed by atoms with Crippen molar-refractivity contribution in [1.29, 1.82) is 0 Å². The number of nitrogens with two attached hydrogens (primary N) is 1. The Balaban J connectivity index is 6.50. The number of nitrogens with one attached hydrogen (secondary N) is 13. The van der Waals surface area contributed by atoms with Gasteiger partial charge in [0.15, 0.2) is 5.78 Å². The van der Waals surface area contributed by atoms with Crippen molar-refractivity contribution in [1.82, 2.24) is 69.1 Å². The predicted octanol–water partition coefficient (Wildman–Crippen LogP) is 2.68. The molecular weight excluding hydrogens is 1100 g/mol. The van der Waals surface area contributed by atoms with Crippen LogP contribution in [-0.4, -0.2) is 191 Å². The summed E-state index contributed by atoms with van der Waals surface area (Å²) in [6, 6.07) is -4.40. The summed E-state index contributed by atoms with van der Waals surface area (Å²) < 4.78 is 0. The third-order valence-corrected chi connectivity index (χ3v) is 16.1. The van der Waals surface area contributed by atoms with E-state index >= 15 is 0 Å². The number of amides is 6. The number of carbonyl (C=O) groups excluding carboxylic acids is 9. The molecule has 0 bridgehead atoms. The molecule has 0 aliphatic carbocycles. The molecule has 0 saturated heterocycles. The van der Waals surface area contributed by atoms with Gasteiger partial charge < -0.3 is 74.9 Å². The number of unbranched alkanes of at least 4 members (excludes halogenated alkanes) is 9.